The molecule has 102 valence electrons. The normalized spacial score (nSPS) is 12.3. The molecule has 2 rings (SSSR count). The molecule has 0 saturated heterocycles. The van der Waals surface area contributed by atoms with Crippen molar-refractivity contribution in [2.45, 2.75) is 19.4 Å². The van der Waals surface area contributed by atoms with Gasteiger partial charge in [0.1, 0.15) is 0 Å². The van der Waals surface area contributed by atoms with E-state index in [9.17, 15) is 4.79 Å². The van der Waals surface area contributed by atoms with E-state index < -0.39 is 0 Å². The van der Waals surface area contributed by atoms with Crippen molar-refractivity contribution in [1.82, 2.24) is 19.9 Å². The van der Waals surface area contributed by atoms with E-state index in [1.807, 2.05) is 31.3 Å². The van der Waals surface area contributed by atoms with Crippen LogP contribution in [0.1, 0.15) is 13.3 Å². The van der Waals surface area contributed by atoms with Crippen LogP contribution < -0.4 is 10.6 Å². The number of nitrogens with zero attached hydrogens (tertiary/aromatic N) is 3. The number of hydrogen-bond donors (Lipinski definition) is 2. The molecule has 0 aliphatic rings. The summed E-state index contributed by atoms with van der Waals surface area (Å²) in [5.74, 6) is 1.44. The highest BCUT2D eigenvalue weighted by Gasteiger charge is 2.10. The molecule has 2 heterocycles. The Labute approximate surface area is 116 Å². The van der Waals surface area contributed by atoms with E-state index in [4.69, 9.17) is 0 Å². The van der Waals surface area contributed by atoms with Crippen molar-refractivity contribution in [3.8, 4) is 0 Å². The topological polar surface area (TPSA) is 71.3 Å². The van der Waals surface area contributed by atoms with Crippen LogP contribution in [0.25, 0.3) is 5.65 Å². The van der Waals surface area contributed by atoms with Crippen LogP contribution in [0.2, 0.25) is 0 Å². The summed E-state index contributed by atoms with van der Waals surface area (Å²) in [5, 5.41) is 13.5. The van der Waals surface area contributed by atoms with E-state index in [0.717, 1.165) is 12.2 Å². The molecule has 0 aliphatic heterocycles. The van der Waals surface area contributed by atoms with Gasteiger partial charge < -0.3 is 5.32 Å². The first kappa shape index (κ1) is 13.7. The fourth-order valence-corrected chi connectivity index (χ4v) is 2.24. The van der Waals surface area contributed by atoms with Gasteiger partial charge in [-0.3, -0.25) is 9.72 Å². The van der Waals surface area contributed by atoms with Gasteiger partial charge in [-0.25, -0.2) is 4.79 Å². The minimum absolute atomic E-state index is 0.131. The molecule has 0 aromatic carbocycles. The van der Waals surface area contributed by atoms with Crippen LogP contribution in [-0.4, -0.2) is 38.7 Å². The molecule has 0 saturated carbocycles. The molecule has 19 heavy (non-hydrogen) atoms. The fraction of sp³-hybridized carbons (Fsp3) is 0.417. The molecule has 0 spiro atoms. The first-order valence-corrected chi connectivity index (χ1v) is 7.46. The molecule has 2 aromatic rings. The lowest BCUT2D eigenvalue weighted by molar-refractivity contribution is 0.249. The summed E-state index contributed by atoms with van der Waals surface area (Å²) >= 11 is 1.77. The molecule has 1 atom stereocenters. The Morgan fingerprint density at radius 3 is 3.11 bits per heavy atom. The lowest BCUT2D eigenvalue weighted by Gasteiger charge is -2.13. The van der Waals surface area contributed by atoms with Crippen molar-refractivity contribution in [1.29, 1.82) is 0 Å². The first-order chi connectivity index (χ1) is 9.20. The smallest absolute Gasteiger partial charge is 0.321 e. The largest absolute Gasteiger partial charge is 0.335 e. The molecule has 0 aliphatic carbocycles. The molecule has 0 bridgehead atoms. The number of urea groups is 1. The quantitative estimate of drug-likeness (QED) is 0.878. The van der Waals surface area contributed by atoms with E-state index in [0.29, 0.717) is 11.6 Å². The summed E-state index contributed by atoms with van der Waals surface area (Å²) in [6.45, 7) is 1.98. The van der Waals surface area contributed by atoms with E-state index >= 15 is 0 Å². The van der Waals surface area contributed by atoms with Crippen LogP contribution in [0.4, 0.5) is 10.7 Å². The van der Waals surface area contributed by atoms with Gasteiger partial charge in [0.25, 0.3) is 0 Å². The third-order valence-electron chi connectivity index (χ3n) is 2.67. The number of anilines is 1. The molecule has 6 nitrogen and oxygen atoms in total. The van der Waals surface area contributed by atoms with Gasteiger partial charge in [0.2, 0.25) is 5.95 Å². The van der Waals surface area contributed by atoms with E-state index in [-0.39, 0.29) is 12.1 Å². The Morgan fingerprint density at radius 1 is 1.47 bits per heavy atom. The van der Waals surface area contributed by atoms with Gasteiger partial charge in [0.15, 0.2) is 5.65 Å². The molecule has 0 fully saturated rings. The third-order valence-corrected chi connectivity index (χ3v) is 3.32. The maximum Gasteiger partial charge on any atom is 0.321 e. The number of amides is 2. The fourth-order valence-electron chi connectivity index (χ4n) is 1.65. The van der Waals surface area contributed by atoms with Crippen molar-refractivity contribution in [3.63, 3.8) is 0 Å². The summed E-state index contributed by atoms with van der Waals surface area (Å²) in [5.41, 5.74) is 0.702. The van der Waals surface area contributed by atoms with Gasteiger partial charge in [-0.2, -0.15) is 11.8 Å². The number of hydrogen-bond acceptors (Lipinski definition) is 4. The second kappa shape index (κ2) is 6.42. The maximum absolute atomic E-state index is 11.8. The Balaban J connectivity index is 1.95. The summed E-state index contributed by atoms with van der Waals surface area (Å²) in [6.07, 6.45) is 4.80. The number of nitrogens with one attached hydrogen (secondary N) is 2. The zero-order chi connectivity index (χ0) is 13.7. The van der Waals surface area contributed by atoms with Crippen LogP contribution >= 0.6 is 11.8 Å². The number of fused-ring (bicyclic) bond motifs is 1. The van der Waals surface area contributed by atoms with Gasteiger partial charge >= 0.3 is 6.03 Å². The summed E-state index contributed by atoms with van der Waals surface area (Å²) in [6, 6.07) is 5.44. The molecular weight excluding hydrogens is 262 g/mol. The number of carbonyl (C=O) groups excluding carboxylic acids is 1. The lowest BCUT2D eigenvalue weighted by atomic mass is 10.3. The molecule has 2 amide bonds. The third kappa shape index (κ3) is 3.60. The number of aromatic nitrogens is 3. The van der Waals surface area contributed by atoms with Crippen LogP contribution in [0.5, 0.6) is 0 Å². The van der Waals surface area contributed by atoms with Crippen molar-refractivity contribution in [2.24, 2.45) is 0 Å². The second-order valence-corrected chi connectivity index (χ2v) is 5.22. The summed E-state index contributed by atoms with van der Waals surface area (Å²) < 4.78 is 1.73. The number of rotatable bonds is 5. The van der Waals surface area contributed by atoms with Crippen LogP contribution in [0.3, 0.4) is 0 Å². The number of pyridine rings is 1. The van der Waals surface area contributed by atoms with Gasteiger partial charge in [-0.05, 0) is 37.5 Å². The van der Waals surface area contributed by atoms with Gasteiger partial charge in [0.05, 0.1) is 0 Å². The zero-order valence-corrected chi connectivity index (χ0v) is 11.8. The maximum atomic E-state index is 11.8. The van der Waals surface area contributed by atoms with Gasteiger partial charge in [-0.15, -0.1) is 10.2 Å². The van der Waals surface area contributed by atoms with Crippen molar-refractivity contribution >= 4 is 29.4 Å². The highest BCUT2D eigenvalue weighted by Crippen LogP contribution is 2.07. The summed E-state index contributed by atoms with van der Waals surface area (Å²) in [7, 11) is 0. The molecular formula is C12H17N5OS. The van der Waals surface area contributed by atoms with Crippen molar-refractivity contribution in [3.05, 3.63) is 24.4 Å². The standard InChI is InChI=1S/C12H17N5OS/c1-9(6-8-19-2)13-12(18)14-11-16-15-10-5-3-4-7-17(10)11/h3-5,7,9H,6,8H2,1-2H3,(H2,13,14,16,18)/t9-/m0/s1. The van der Waals surface area contributed by atoms with E-state index in [1.54, 1.807) is 16.2 Å². The van der Waals surface area contributed by atoms with Gasteiger partial charge in [0, 0.05) is 12.2 Å². The Bertz CT molecular complexity index is 556. The highest BCUT2D eigenvalue weighted by molar-refractivity contribution is 7.98. The van der Waals surface area contributed by atoms with Crippen LogP contribution in [-0.2, 0) is 0 Å². The van der Waals surface area contributed by atoms with Gasteiger partial charge in [-0.1, -0.05) is 6.07 Å². The molecule has 2 aromatic heterocycles. The molecule has 2 N–H and O–H groups in total. The molecule has 7 heteroatoms. The Morgan fingerprint density at radius 2 is 2.32 bits per heavy atom. The van der Waals surface area contributed by atoms with E-state index in [1.165, 1.54) is 0 Å². The Hall–Kier alpha value is -1.76. The summed E-state index contributed by atoms with van der Waals surface area (Å²) in [4.78, 5) is 11.8. The number of thioether (sulfide) groups is 1. The minimum Gasteiger partial charge on any atom is -0.335 e. The monoisotopic (exact) mass is 279 g/mol. The Kier molecular flexibility index (Phi) is 4.62. The minimum atomic E-state index is -0.258. The average Bonchev–Trinajstić information content (AvgIpc) is 2.80. The first-order valence-electron chi connectivity index (χ1n) is 6.07. The molecule has 0 unspecified atom stereocenters. The average molecular weight is 279 g/mol. The highest BCUT2D eigenvalue weighted by atomic mass is 32.2. The van der Waals surface area contributed by atoms with Crippen LogP contribution in [0, 0.1) is 0 Å². The van der Waals surface area contributed by atoms with E-state index in [2.05, 4.69) is 27.1 Å². The van der Waals surface area contributed by atoms with Crippen molar-refractivity contribution in [2.75, 3.05) is 17.3 Å². The SMILES string of the molecule is CSCC[C@H](C)NC(=O)Nc1nnc2ccccn12. The van der Waals surface area contributed by atoms with Crippen LogP contribution in [0.15, 0.2) is 24.4 Å². The predicted octanol–water partition coefficient (Wildman–Crippen LogP) is 1.99. The zero-order valence-electron chi connectivity index (χ0n) is 11.0. The lowest BCUT2D eigenvalue weighted by Crippen LogP contribution is -2.36. The second-order valence-electron chi connectivity index (χ2n) is 4.23. The predicted molar refractivity (Wildman–Crippen MR) is 77.6 cm³/mol. The number of carbonyl (C=O) groups is 1. The van der Waals surface area contributed by atoms with Crippen molar-refractivity contribution < 1.29 is 4.79 Å². The molecule has 0 radical (unpaired) electrons.